The van der Waals surface area contributed by atoms with Crippen molar-refractivity contribution in [1.29, 1.82) is 0 Å². The van der Waals surface area contributed by atoms with Crippen LogP contribution < -0.4 is 15.2 Å². The van der Waals surface area contributed by atoms with Crippen LogP contribution >= 0.6 is 0 Å². The van der Waals surface area contributed by atoms with Crippen LogP contribution in [0.5, 0.6) is 11.8 Å². The fourth-order valence-electron chi connectivity index (χ4n) is 2.34. The van der Waals surface area contributed by atoms with E-state index in [4.69, 9.17) is 15.2 Å². The van der Waals surface area contributed by atoms with E-state index in [0.717, 1.165) is 5.69 Å². The lowest BCUT2D eigenvalue weighted by Crippen LogP contribution is -2.07. The maximum Gasteiger partial charge on any atom is 0.320 e. The zero-order valence-electron chi connectivity index (χ0n) is 14.3. The highest BCUT2D eigenvalue weighted by Gasteiger charge is 2.14. The number of nitrogen functional groups attached to an aromatic ring is 1. The second-order valence-corrected chi connectivity index (χ2v) is 5.41. The SMILES string of the molecule is C=CCCOc1nc(N)c2ncn(Cc3ncccc3OCC=C)c2n1. The summed E-state index contributed by atoms with van der Waals surface area (Å²) < 4.78 is 13.0. The second-order valence-electron chi connectivity index (χ2n) is 5.41. The fraction of sp³-hybridized carbons (Fsp3) is 0.222. The van der Waals surface area contributed by atoms with Crippen molar-refractivity contribution in [3.8, 4) is 11.8 Å². The fourth-order valence-corrected chi connectivity index (χ4v) is 2.34. The molecule has 0 bridgehead atoms. The minimum absolute atomic E-state index is 0.211. The number of pyridine rings is 1. The van der Waals surface area contributed by atoms with Gasteiger partial charge in [0.25, 0.3) is 0 Å². The number of nitrogens with zero attached hydrogens (tertiary/aromatic N) is 5. The van der Waals surface area contributed by atoms with Gasteiger partial charge in [-0.15, -0.1) is 6.58 Å². The molecule has 0 saturated heterocycles. The summed E-state index contributed by atoms with van der Waals surface area (Å²) in [6, 6.07) is 3.89. The average molecular weight is 352 g/mol. The van der Waals surface area contributed by atoms with E-state index in [1.165, 1.54) is 0 Å². The molecule has 8 nitrogen and oxygen atoms in total. The Hall–Kier alpha value is -3.42. The first-order valence-corrected chi connectivity index (χ1v) is 8.12. The number of hydrogen-bond donors (Lipinski definition) is 1. The number of nitrogens with two attached hydrogens (primary N) is 1. The molecule has 0 atom stereocenters. The molecule has 0 unspecified atom stereocenters. The topological polar surface area (TPSA) is 101 Å². The molecule has 0 aliphatic heterocycles. The normalized spacial score (nSPS) is 10.6. The summed E-state index contributed by atoms with van der Waals surface area (Å²) in [7, 11) is 0. The van der Waals surface area contributed by atoms with E-state index in [1.54, 1.807) is 24.7 Å². The molecular weight excluding hydrogens is 332 g/mol. The van der Waals surface area contributed by atoms with Gasteiger partial charge in [-0.25, -0.2) is 4.98 Å². The van der Waals surface area contributed by atoms with Gasteiger partial charge >= 0.3 is 6.01 Å². The van der Waals surface area contributed by atoms with Crippen molar-refractivity contribution >= 4 is 17.0 Å². The average Bonchev–Trinajstić information content (AvgIpc) is 3.05. The van der Waals surface area contributed by atoms with Gasteiger partial charge in [0.1, 0.15) is 18.1 Å². The molecule has 134 valence electrons. The molecule has 0 radical (unpaired) electrons. The number of anilines is 1. The van der Waals surface area contributed by atoms with Gasteiger partial charge < -0.3 is 19.8 Å². The molecule has 0 saturated carbocycles. The van der Waals surface area contributed by atoms with E-state index < -0.39 is 0 Å². The molecule has 3 aromatic heterocycles. The predicted octanol–water partition coefficient (Wildman–Crippen LogP) is 2.37. The van der Waals surface area contributed by atoms with Gasteiger partial charge in [-0.05, 0) is 18.6 Å². The van der Waals surface area contributed by atoms with Crippen molar-refractivity contribution in [2.75, 3.05) is 18.9 Å². The largest absolute Gasteiger partial charge is 0.488 e. The first-order valence-electron chi connectivity index (χ1n) is 8.12. The minimum atomic E-state index is 0.211. The van der Waals surface area contributed by atoms with E-state index in [2.05, 4.69) is 33.1 Å². The highest BCUT2D eigenvalue weighted by molar-refractivity contribution is 5.81. The van der Waals surface area contributed by atoms with Gasteiger partial charge in [0.05, 0.1) is 19.5 Å². The Bertz CT molecular complexity index is 921. The zero-order valence-corrected chi connectivity index (χ0v) is 14.3. The third kappa shape index (κ3) is 3.80. The van der Waals surface area contributed by atoms with Crippen LogP contribution in [0.1, 0.15) is 12.1 Å². The molecule has 0 fully saturated rings. The number of ether oxygens (including phenoxy) is 2. The van der Waals surface area contributed by atoms with Gasteiger partial charge in [0.2, 0.25) is 0 Å². The first-order chi connectivity index (χ1) is 12.7. The van der Waals surface area contributed by atoms with Crippen LogP contribution in [-0.2, 0) is 6.54 Å². The smallest absolute Gasteiger partial charge is 0.320 e. The molecule has 0 aliphatic carbocycles. The van der Waals surface area contributed by atoms with E-state index in [-0.39, 0.29) is 11.8 Å². The molecular formula is C18H20N6O2. The van der Waals surface area contributed by atoms with E-state index in [0.29, 0.717) is 43.1 Å². The van der Waals surface area contributed by atoms with Crippen LogP contribution in [0, 0.1) is 0 Å². The van der Waals surface area contributed by atoms with Gasteiger partial charge in [-0.1, -0.05) is 18.7 Å². The molecule has 26 heavy (non-hydrogen) atoms. The van der Waals surface area contributed by atoms with Crippen molar-refractivity contribution < 1.29 is 9.47 Å². The number of imidazole rings is 1. The summed E-state index contributed by atoms with van der Waals surface area (Å²) in [4.78, 5) is 17.3. The van der Waals surface area contributed by atoms with Crippen LogP contribution in [0.2, 0.25) is 0 Å². The molecule has 0 spiro atoms. The van der Waals surface area contributed by atoms with Crippen molar-refractivity contribution in [2.45, 2.75) is 13.0 Å². The zero-order chi connectivity index (χ0) is 18.4. The Morgan fingerprint density at radius 3 is 2.85 bits per heavy atom. The maximum atomic E-state index is 5.99. The number of fused-ring (bicyclic) bond motifs is 1. The van der Waals surface area contributed by atoms with Crippen LogP contribution in [0.3, 0.4) is 0 Å². The summed E-state index contributed by atoms with van der Waals surface area (Å²) in [6.07, 6.45) is 7.50. The molecule has 2 N–H and O–H groups in total. The molecule has 3 heterocycles. The number of hydrogen-bond acceptors (Lipinski definition) is 7. The van der Waals surface area contributed by atoms with Crippen molar-refractivity contribution in [1.82, 2.24) is 24.5 Å². The Morgan fingerprint density at radius 1 is 1.15 bits per heavy atom. The summed E-state index contributed by atoms with van der Waals surface area (Å²) in [5.74, 6) is 0.949. The molecule has 0 aliphatic rings. The molecule has 3 rings (SSSR count). The van der Waals surface area contributed by atoms with E-state index >= 15 is 0 Å². The van der Waals surface area contributed by atoms with Gasteiger partial charge in [0, 0.05) is 6.20 Å². The summed E-state index contributed by atoms with van der Waals surface area (Å²) in [5.41, 5.74) is 7.83. The van der Waals surface area contributed by atoms with Crippen molar-refractivity contribution in [2.24, 2.45) is 0 Å². The molecule has 3 aromatic rings. The van der Waals surface area contributed by atoms with Crippen molar-refractivity contribution in [3.63, 3.8) is 0 Å². The lowest BCUT2D eigenvalue weighted by Gasteiger charge is -2.10. The maximum absolute atomic E-state index is 5.99. The van der Waals surface area contributed by atoms with Crippen LogP contribution in [0.4, 0.5) is 5.82 Å². The summed E-state index contributed by atoms with van der Waals surface area (Å²) in [6.45, 7) is 8.58. The second kappa shape index (κ2) is 8.11. The first kappa shape index (κ1) is 17.4. The van der Waals surface area contributed by atoms with Crippen LogP contribution in [-0.4, -0.2) is 37.7 Å². The Labute approximate surface area is 151 Å². The lowest BCUT2D eigenvalue weighted by atomic mass is 10.3. The summed E-state index contributed by atoms with van der Waals surface area (Å²) in [5, 5.41) is 0. The third-order valence-electron chi connectivity index (χ3n) is 3.55. The third-order valence-corrected chi connectivity index (χ3v) is 3.55. The monoisotopic (exact) mass is 352 g/mol. The molecule has 0 amide bonds. The number of rotatable bonds is 9. The minimum Gasteiger partial charge on any atom is -0.488 e. The van der Waals surface area contributed by atoms with E-state index in [9.17, 15) is 0 Å². The van der Waals surface area contributed by atoms with Crippen LogP contribution in [0.15, 0.2) is 50.0 Å². The Morgan fingerprint density at radius 2 is 2.04 bits per heavy atom. The highest BCUT2D eigenvalue weighted by atomic mass is 16.5. The Balaban J connectivity index is 1.91. The quantitative estimate of drug-likeness (QED) is 0.466. The Kier molecular flexibility index (Phi) is 5.43. The number of aromatic nitrogens is 5. The van der Waals surface area contributed by atoms with Crippen LogP contribution in [0.25, 0.3) is 11.2 Å². The predicted molar refractivity (Wildman–Crippen MR) is 99.1 cm³/mol. The molecule has 0 aromatic carbocycles. The van der Waals surface area contributed by atoms with E-state index in [1.807, 2.05) is 16.7 Å². The molecule has 8 heteroatoms. The lowest BCUT2D eigenvalue weighted by molar-refractivity contribution is 0.300. The summed E-state index contributed by atoms with van der Waals surface area (Å²) >= 11 is 0. The van der Waals surface area contributed by atoms with Gasteiger partial charge in [-0.3, -0.25) is 4.98 Å². The highest BCUT2D eigenvalue weighted by Crippen LogP contribution is 2.22. The van der Waals surface area contributed by atoms with Crippen molar-refractivity contribution in [3.05, 3.63) is 55.7 Å². The van der Waals surface area contributed by atoms with Gasteiger partial charge in [0.15, 0.2) is 17.0 Å². The standard InChI is InChI=1S/C18H20N6O2/c1-3-5-10-26-18-22-16(19)15-17(23-18)24(12-21-15)11-13-14(25-9-4-2)7-6-8-20-13/h3-4,6-8,12H,1-2,5,9-11H2,(H2,19,22,23). The van der Waals surface area contributed by atoms with Gasteiger partial charge in [-0.2, -0.15) is 9.97 Å².